The molecule has 4 rings (SSSR count). The second kappa shape index (κ2) is 7.78. The van der Waals surface area contributed by atoms with Gasteiger partial charge >= 0.3 is 0 Å². The molecule has 0 unspecified atom stereocenters. The van der Waals surface area contributed by atoms with Gasteiger partial charge in [0.05, 0.1) is 12.0 Å². The third-order valence-electron chi connectivity index (χ3n) is 5.44. The summed E-state index contributed by atoms with van der Waals surface area (Å²) >= 11 is 0. The Labute approximate surface area is 160 Å². The van der Waals surface area contributed by atoms with Crippen LogP contribution in [0.3, 0.4) is 0 Å². The molecule has 1 amide bonds. The van der Waals surface area contributed by atoms with Gasteiger partial charge in [-0.3, -0.25) is 4.79 Å². The van der Waals surface area contributed by atoms with Gasteiger partial charge in [0.1, 0.15) is 0 Å². The van der Waals surface area contributed by atoms with Crippen molar-refractivity contribution in [3.05, 3.63) is 77.7 Å². The number of hydrogen-bond acceptors (Lipinski definition) is 2. The molecule has 0 saturated heterocycles. The Kier molecular flexibility index (Phi) is 5.05. The average Bonchev–Trinajstić information content (AvgIpc) is 3.38. The molecule has 2 aromatic carbocycles. The fourth-order valence-electron chi connectivity index (χ4n) is 4.12. The number of hydrogen-bond donors (Lipinski definition) is 1. The van der Waals surface area contributed by atoms with Gasteiger partial charge in [-0.05, 0) is 30.5 Å². The fourth-order valence-corrected chi connectivity index (χ4v) is 4.12. The zero-order chi connectivity index (χ0) is 18.6. The summed E-state index contributed by atoms with van der Waals surface area (Å²) in [7, 11) is 1.66. The van der Waals surface area contributed by atoms with Gasteiger partial charge < -0.3 is 9.88 Å². The molecule has 1 N–H and O–H groups in total. The Morgan fingerprint density at radius 3 is 2.63 bits per heavy atom. The van der Waals surface area contributed by atoms with Gasteiger partial charge in [0, 0.05) is 36.3 Å². The molecule has 1 saturated carbocycles. The molecule has 27 heavy (non-hydrogen) atoms. The van der Waals surface area contributed by atoms with Crippen molar-refractivity contribution in [2.75, 3.05) is 7.05 Å². The van der Waals surface area contributed by atoms with Gasteiger partial charge in [-0.2, -0.15) is 0 Å². The lowest BCUT2D eigenvalue weighted by molar-refractivity contribution is 0.0963. The van der Waals surface area contributed by atoms with Crippen molar-refractivity contribution in [1.29, 1.82) is 0 Å². The number of benzene rings is 2. The first-order valence-electron chi connectivity index (χ1n) is 9.67. The van der Waals surface area contributed by atoms with E-state index in [4.69, 9.17) is 4.98 Å². The summed E-state index contributed by atoms with van der Waals surface area (Å²) < 4.78 is 2.28. The molecule has 0 atom stereocenters. The molecule has 0 spiro atoms. The topological polar surface area (TPSA) is 46.9 Å². The molecule has 4 heteroatoms. The van der Waals surface area contributed by atoms with E-state index in [1.54, 1.807) is 7.05 Å². The highest BCUT2D eigenvalue weighted by atomic mass is 16.1. The van der Waals surface area contributed by atoms with E-state index in [2.05, 4.69) is 40.2 Å². The Balaban J connectivity index is 1.71. The minimum Gasteiger partial charge on any atom is -0.355 e. The van der Waals surface area contributed by atoms with Crippen LogP contribution in [0.5, 0.6) is 0 Å². The minimum atomic E-state index is -0.0523. The zero-order valence-electron chi connectivity index (χ0n) is 15.7. The molecular weight excluding hydrogens is 334 g/mol. The molecular formula is C23H25N3O. The Morgan fingerprint density at radius 1 is 1.11 bits per heavy atom. The van der Waals surface area contributed by atoms with E-state index in [-0.39, 0.29) is 5.91 Å². The monoisotopic (exact) mass is 359 g/mol. The molecule has 1 heterocycles. The summed E-state index contributed by atoms with van der Waals surface area (Å²) in [6.07, 6.45) is 6.99. The predicted molar refractivity (Wildman–Crippen MR) is 108 cm³/mol. The maximum atomic E-state index is 12.0. The van der Waals surface area contributed by atoms with Crippen LogP contribution in [0.25, 0.3) is 11.3 Å². The molecule has 0 radical (unpaired) electrons. The smallest absolute Gasteiger partial charge is 0.251 e. The van der Waals surface area contributed by atoms with Crippen LogP contribution in [0.15, 0.2) is 60.9 Å². The second-order valence-electron chi connectivity index (χ2n) is 7.23. The first-order chi connectivity index (χ1) is 13.3. The number of rotatable bonds is 5. The summed E-state index contributed by atoms with van der Waals surface area (Å²) in [4.78, 5) is 16.7. The number of nitrogens with zero attached hydrogens (tertiary/aromatic N) is 2. The summed E-state index contributed by atoms with van der Waals surface area (Å²) in [5.41, 5.74) is 5.43. The van der Waals surface area contributed by atoms with Crippen molar-refractivity contribution in [2.24, 2.45) is 0 Å². The second-order valence-corrected chi connectivity index (χ2v) is 7.23. The van der Waals surface area contributed by atoms with Crippen molar-refractivity contribution < 1.29 is 4.79 Å². The lowest BCUT2D eigenvalue weighted by Crippen LogP contribution is -2.18. The van der Waals surface area contributed by atoms with Gasteiger partial charge in [-0.1, -0.05) is 55.3 Å². The lowest BCUT2D eigenvalue weighted by Gasteiger charge is -2.16. The Morgan fingerprint density at radius 2 is 1.89 bits per heavy atom. The van der Waals surface area contributed by atoms with Crippen LogP contribution in [0.2, 0.25) is 0 Å². The quantitative estimate of drug-likeness (QED) is 0.723. The third kappa shape index (κ3) is 3.65. The fraction of sp³-hybridized carbons (Fsp3) is 0.304. The van der Waals surface area contributed by atoms with E-state index in [9.17, 15) is 4.79 Å². The molecule has 1 aliphatic carbocycles. The molecule has 3 aromatic rings. The number of amides is 1. The molecule has 0 aliphatic heterocycles. The summed E-state index contributed by atoms with van der Waals surface area (Å²) in [6.45, 7) is 0.733. The van der Waals surface area contributed by atoms with Crippen molar-refractivity contribution >= 4 is 5.91 Å². The highest BCUT2D eigenvalue weighted by molar-refractivity contribution is 5.94. The van der Waals surface area contributed by atoms with Crippen LogP contribution >= 0.6 is 0 Å². The molecule has 1 fully saturated rings. The van der Waals surface area contributed by atoms with Gasteiger partial charge in [0.25, 0.3) is 5.91 Å². The van der Waals surface area contributed by atoms with Crippen LogP contribution in [0, 0.1) is 0 Å². The van der Waals surface area contributed by atoms with Crippen LogP contribution < -0.4 is 5.32 Å². The maximum Gasteiger partial charge on any atom is 0.251 e. The summed E-state index contributed by atoms with van der Waals surface area (Å²) in [5, 5.41) is 2.70. The van der Waals surface area contributed by atoms with Crippen molar-refractivity contribution in [3.63, 3.8) is 0 Å². The van der Waals surface area contributed by atoms with E-state index >= 15 is 0 Å². The van der Waals surface area contributed by atoms with Gasteiger partial charge in [-0.15, -0.1) is 0 Å². The normalized spacial score (nSPS) is 14.4. The van der Waals surface area contributed by atoms with Crippen LogP contribution in [-0.2, 0) is 6.54 Å². The summed E-state index contributed by atoms with van der Waals surface area (Å²) in [5.74, 6) is 0.508. The van der Waals surface area contributed by atoms with Crippen LogP contribution in [-0.4, -0.2) is 22.5 Å². The van der Waals surface area contributed by atoms with Crippen molar-refractivity contribution in [3.8, 4) is 11.3 Å². The molecule has 1 aromatic heterocycles. The van der Waals surface area contributed by atoms with E-state index in [1.165, 1.54) is 36.9 Å². The van der Waals surface area contributed by atoms with E-state index in [0.717, 1.165) is 17.8 Å². The van der Waals surface area contributed by atoms with E-state index < -0.39 is 0 Å². The van der Waals surface area contributed by atoms with E-state index in [1.807, 2.05) is 30.6 Å². The lowest BCUT2D eigenvalue weighted by atomic mass is 9.98. The number of nitrogens with one attached hydrogen (secondary N) is 1. The highest BCUT2D eigenvalue weighted by Gasteiger charge is 2.25. The van der Waals surface area contributed by atoms with Crippen LogP contribution in [0.1, 0.15) is 53.2 Å². The summed E-state index contributed by atoms with van der Waals surface area (Å²) in [6, 6.07) is 18.3. The van der Waals surface area contributed by atoms with Gasteiger partial charge in [0.2, 0.25) is 0 Å². The van der Waals surface area contributed by atoms with Gasteiger partial charge in [-0.25, -0.2) is 4.98 Å². The molecule has 1 aliphatic rings. The molecule has 138 valence electrons. The van der Waals surface area contributed by atoms with E-state index in [0.29, 0.717) is 11.5 Å². The Bertz CT molecular complexity index is 924. The average molecular weight is 359 g/mol. The van der Waals surface area contributed by atoms with Crippen molar-refractivity contribution in [2.45, 2.75) is 38.1 Å². The standard InChI is InChI=1S/C23H25N3O/c1-24-23(27)20-13-7-8-17(14-20)15-26-16-25-21(18-9-3-2-4-10-18)22(26)19-11-5-6-12-19/h2-4,7-10,13-14,16,19H,5-6,11-12,15H2,1H3,(H,24,27). The molecule has 4 nitrogen and oxygen atoms in total. The highest BCUT2D eigenvalue weighted by Crippen LogP contribution is 2.39. The largest absolute Gasteiger partial charge is 0.355 e. The van der Waals surface area contributed by atoms with Crippen LogP contribution in [0.4, 0.5) is 0 Å². The minimum absolute atomic E-state index is 0.0523. The Hall–Kier alpha value is -2.88. The predicted octanol–water partition coefficient (Wildman–Crippen LogP) is 4.62. The number of carbonyl (C=O) groups excluding carboxylic acids is 1. The number of carbonyl (C=O) groups is 1. The zero-order valence-corrected chi connectivity index (χ0v) is 15.7. The number of aromatic nitrogens is 2. The SMILES string of the molecule is CNC(=O)c1cccc(Cn2cnc(-c3ccccc3)c2C2CCCC2)c1. The molecule has 0 bridgehead atoms. The van der Waals surface area contributed by atoms with Gasteiger partial charge in [0.15, 0.2) is 0 Å². The third-order valence-corrected chi connectivity index (χ3v) is 5.44. The first kappa shape index (κ1) is 17.5. The number of imidazole rings is 1. The van der Waals surface area contributed by atoms with Crippen molar-refractivity contribution in [1.82, 2.24) is 14.9 Å². The maximum absolute atomic E-state index is 12.0. The first-order valence-corrected chi connectivity index (χ1v) is 9.67.